The van der Waals surface area contributed by atoms with E-state index in [1.165, 1.54) is 32.4 Å². The Kier molecular flexibility index (Phi) is 22.7. The van der Waals surface area contributed by atoms with Crippen molar-refractivity contribution >= 4 is 74.0 Å². The molecule has 0 spiro atoms. The van der Waals surface area contributed by atoms with Crippen molar-refractivity contribution in [3.63, 3.8) is 0 Å². The van der Waals surface area contributed by atoms with Gasteiger partial charge in [-0.3, -0.25) is 9.59 Å². The first-order chi connectivity index (χ1) is 22.4. The van der Waals surface area contributed by atoms with Crippen LogP contribution in [0.5, 0.6) is 5.75 Å². The number of nitrogens with zero attached hydrogens (tertiary/aromatic N) is 1. The SMILES string of the molecule is CSSC(COc1cccc(C(=O)NCCN)c1)OCCOCC(=O)NCC#CB[C@H]1C[C@@H](O[C@@H](CSC#N)SSC)C(CO)O1. The van der Waals surface area contributed by atoms with E-state index in [1.54, 1.807) is 35.1 Å². The predicted octanol–water partition coefficient (Wildman–Crippen LogP) is 1.68. The molecule has 1 fully saturated rings. The second kappa shape index (κ2) is 25.6. The number of ether oxygens (including phenoxy) is 5. The van der Waals surface area contributed by atoms with E-state index in [9.17, 15) is 14.7 Å². The first kappa shape index (κ1) is 40.8. The van der Waals surface area contributed by atoms with Gasteiger partial charge in [-0.1, -0.05) is 55.2 Å². The van der Waals surface area contributed by atoms with Crippen molar-refractivity contribution in [2.75, 3.05) is 70.9 Å². The summed E-state index contributed by atoms with van der Waals surface area (Å²) >= 11 is 1.14. The summed E-state index contributed by atoms with van der Waals surface area (Å²) in [5.74, 6) is 6.51. The van der Waals surface area contributed by atoms with Crippen molar-refractivity contribution in [1.29, 1.82) is 5.26 Å². The van der Waals surface area contributed by atoms with Gasteiger partial charge in [-0.2, -0.15) is 11.1 Å². The smallest absolute Gasteiger partial charge is 0.251 e. The van der Waals surface area contributed by atoms with Crippen molar-refractivity contribution in [2.45, 2.75) is 35.5 Å². The lowest BCUT2D eigenvalue weighted by atomic mass is 9.71. The first-order valence-corrected chi connectivity index (χ1v) is 20.6. The molecule has 0 bridgehead atoms. The van der Waals surface area contributed by atoms with Crippen molar-refractivity contribution in [1.82, 2.24) is 10.6 Å². The summed E-state index contributed by atoms with van der Waals surface area (Å²) in [6.07, 6.45) is 3.76. The summed E-state index contributed by atoms with van der Waals surface area (Å²) in [4.78, 5) is 24.3. The molecular weight excluding hydrogens is 691 g/mol. The van der Waals surface area contributed by atoms with E-state index in [0.717, 1.165) is 11.8 Å². The standard InChI is InChI=1S/C28H41BN4O8S5/c1-42-45-26(17-39-21-6-3-5-20(13-21)28(36)33-10-8-30)38-12-11-37-16-25(35)32-9-4-7-29-24-14-22(23(15-34)40-24)41-27(46-43-2)18-44-19-31/h3,5-6,13,22-24,26-27,29,34H,8-12,14-18,30H2,1-2H3,(H,32,35)(H,33,36)/t22-,23?,24-,26?,27-/m1/s1. The third-order valence-electron chi connectivity index (χ3n) is 5.98. The van der Waals surface area contributed by atoms with E-state index in [-0.39, 0.29) is 74.4 Å². The van der Waals surface area contributed by atoms with Crippen molar-refractivity contribution < 1.29 is 38.4 Å². The second-order valence-electron chi connectivity index (χ2n) is 9.32. The van der Waals surface area contributed by atoms with E-state index in [0.29, 0.717) is 43.9 Å². The molecule has 1 aromatic rings. The minimum Gasteiger partial charge on any atom is -0.490 e. The van der Waals surface area contributed by atoms with Gasteiger partial charge in [-0.15, -0.1) is 0 Å². The van der Waals surface area contributed by atoms with Crippen LogP contribution in [0.4, 0.5) is 0 Å². The van der Waals surface area contributed by atoms with Gasteiger partial charge in [0.15, 0.2) is 0 Å². The molecule has 5 atom stereocenters. The van der Waals surface area contributed by atoms with Crippen LogP contribution in [0.2, 0.25) is 0 Å². The van der Waals surface area contributed by atoms with E-state index in [2.05, 4.69) is 27.8 Å². The quantitative estimate of drug-likeness (QED) is 0.0319. The van der Waals surface area contributed by atoms with E-state index in [4.69, 9.17) is 34.7 Å². The summed E-state index contributed by atoms with van der Waals surface area (Å²) in [7, 11) is 6.59. The van der Waals surface area contributed by atoms with Crippen LogP contribution in [0.25, 0.3) is 0 Å². The summed E-state index contributed by atoms with van der Waals surface area (Å²) < 4.78 is 29.1. The molecule has 254 valence electrons. The largest absolute Gasteiger partial charge is 0.490 e. The molecule has 1 aromatic carbocycles. The average Bonchev–Trinajstić information content (AvgIpc) is 3.46. The molecule has 2 rings (SSSR count). The third kappa shape index (κ3) is 17.1. The highest BCUT2D eigenvalue weighted by molar-refractivity contribution is 8.77. The van der Waals surface area contributed by atoms with Gasteiger partial charge < -0.3 is 45.2 Å². The molecule has 0 aliphatic carbocycles. The third-order valence-corrected chi connectivity index (χ3v) is 10.6. The lowest BCUT2D eigenvalue weighted by Crippen LogP contribution is -2.31. The number of nitriles is 1. The number of aliphatic hydroxyl groups excluding tert-OH is 1. The zero-order valence-corrected chi connectivity index (χ0v) is 29.9. The van der Waals surface area contributed by atoms with Gasteiger partial charge in [0.2, 0.25) is 13.2 Å². The average molecular weight is 733 g/mol. The fraction of sp³-hybridized carbons (Fsp3) is 0.607. The number of thiocyanates is 1. The first-order valence-electron chi connectivity index (χ1n) is 14.4. The molecule has 1 aliphatic heterocycles. The van der Waals surface area contributed by atoms with Gasteiger partial charge in [0, 0.05) is 30.4 Å². The number of carbonyl (C=O) groups is 2. The van der Waals surface area contributed by atoms with Crippen LogP contribution in [0.1, 0.15) is 16.8 Å². The van der Waals surface area contributed by atoms with Crippen molar-refractivity contribution in [2.24, 2.45) is 5.73 Å². The van der Waals surface area contributed by atoms with Crippen molar-refractivity contribution in [3.05, 3.63) is 29.8 Å². The Morgan fingerprint density at radius 3 is 2.76 bits per heavy atom. The minimum atomic E-state index is -0.440. The Labute approximate surface area is 291 Å². The van der Waals surface area contributed by atoms with Crippen LogP contribution >= 0.6 is 54.9 Å². The molecular formula is C28H41BN4O8S5. The lowest BCUT2D eigenvalue weighted by Gasteiger charge is -2.22. The molecule has 1 saturated heterocycles. The summed E-state index contributed by atoms with van der Waals surface area (Å²) in [5, 5.41) is 26.0. The van der Waals surface area contributed by atoms with E-state index < -0.39 is 6.10 Å². The van der Waals surface area contributed by atoms with Gasteiger partial charge in [-0.05, 0) is 48.9 Å². The molecule has 0 saturated carbocycles. The molecule has 46 heavy (non-hydrogen) atoms. The Morgan fingerprint density at radius 1 is 1.22 bits per heavy atom. The highest BCUT2D eigenvalue weighted by Crippen LogP contribution is 2.32. The Balaban J connectivity index is 1.62. The summed E-state index contributed by atoms with van der Waals surface area (Å²) in [6.45, 7) is 1.41. The number of thioether (sulfide) groups is 1. The van der Waals surface area contributed by atoms with Crippen LogP contribution in [0, 0.1) is 22.4 Å². The number of amides is 2. The van der Waals surface area contributed by atoms with E-state index in [1.807, 2.05) is 12.5 Å². The number of aliphatic hydroxyl groups is 1. The number of benzene rings is 1. The monoisotopic (exact) mass is 732 g/mol. The number of nitrogens with one attached hydrogen (secondary N) is 2. The van der Waals surface area contributed by atoms with Crippen LogP contribution < -0.4 is 21.1 Å². The Morgan fingerprint density at radius 2 is 2.02 bits per heavy atom. The Bertz CT molecular complexity index is 1150. The molecule has 0 radical (unpaired) electrons. The minimum absolute atomic E-state index is 0.122. The summed E-state index contributed by atoms with van der Waals surface area (Å²) in [5.41, 5.74) is 5.46. The molecule has 1 heterocycles. The molecule has 5 N–H and O–H groups in total. The highest BCUT2D eigenvalue weighted by Gasteiger charge is 2.37. The Hall–Kier alpha value is -1.42. The molecule has 2 amide bonds. The molecule has 18 heteroatoms. The van der Waals surface area contributed by atoms with Gasteiger partial charge in [0.25, 0.3) is 5.91 Å². The van der Waals surface area contributed by atoms with Gasteiger partial charge in [0.1, 0.15) is 41.3 Å². The maximum atomic E-state index is 12.2. The fourth-order valence-electron chi connectivity index (χ4n) is 3.97. The normalized spacial score (nSPS) is 18.5. The zero-order chi connectivity index (χ0) is 33.4. The fourth-order valence-corrected chi connectivity index (χ4v) is 7.84. The van der Waals surface area contributed by atoms with Crippen LogP contribution in [-0.4, -0.2) is 124 Å². The van der Waals surface area contributed by atoms with E-state index >= 15 is 0 Å². The predicted molar refractivity (Wildman–Crippen MR) is 191 cm³/mol. The van der Waals surface area contributed by atoms with Crippen LogP contribution in [0.3, 0.4) is 0 Å². The van der Waals surface area contributed by atoms with Gasteiger partial charge in [0.05, 0.1) is 32.5 Å². The van der Waals surface area contributed by atoms with Gasteiger partial charge >= 0.3 is 0 Å². The molecule has 1 aliphatic rings. The zero-order valence-electron chi connectivity index (χ0n) is 25.8. The van der Waals surface area contributed by atoms with Crippen LogP contribution in [-0.2, 0) is 23.7 Å². The maximum absolute atomic E-state index is 12.2. The maximum Gasteiger partial charge on any atom is 0.251 e. The summed E-state index contributed by atoms with van der Waals surface area (Å²) in [6, 6.07) is 6.71. The van der Waals surface area contributed by atoms with Gasteiger partial charge in [-0.25, -0.2) is 0 Å². The number of hydrogen-bond donors (Lipinski definition) is 4. The highest BCUT2D eigenvalue weighted by atomic mass is 33.1. The molecule has 0 aromatic heterocycles. The van der Waals surface area contributed by atoms with Crippen LogP contribution in [0.15, 0.2) is 24.3 Å². The molecule has 12 nitrogen and oxygen atoms in total. The number of nitrogens with two attached hydrogens (primary N) is 1. The number of carbonyl (C=O) groups excluding carboxylic acids is 2. The second-order valence-corrected chi connectivity index (χ2v) is 15.4. The molecule has 2 unspecified atom stereocenters. The lowest BCUT2D eigenvalue weighted by molar-refractivity contribution is -0.126. The topological polar surface area (TPSA) is 174 Å². The van der Waals surface area contributed by atoms with Crippen molar-refractivity contribution in [3.8, 4) is 22.9 Å². The number of rotatable bonds is 23. The number of hydrogen-bond acceptors (Lipinski definition) is 15.